The monoisotopic (exact) mass is 501 g/mol. The molecule has 182 valence electrons. The topological polar surface area (TPSA) is 45.7 Å². The van der Waals surface area contributed by atoms with Crippen molar-refractivity contribution in [1.29, 1.82) is 0 Å². The lowest BCUT2D eigenvalue weighted by Gasteiger charge is -2.37. The Kier molecular flexibility index (Phi) is 6.19. The molecule has 5 rings (SSSR count). The van der Waals surface area contributed by atoms with Crippen LogP contribution in [0.1, 0.15) is 24.0 Å². The lowest BCUT2D eigenvalue weighted by atomic mass is 9.90. The smallest absolute Gasteiger partial charge is 0.416 e. The predicted molar refractivity (Wildman–Crippen MR) is 127 cm³/mol. The molecule has 0 unspecified atom stereocenters. The minimum atomic E-state index is -4.43. The van der Waals surface area contributed by atoms with Gasteiger partial charge in [0.2, 0.25) is 0 Å². The molecule has 0 bridgehead atoms. The van der Waals surface area contributed by atoms with Gasteiger partial charge in [-0.1, -0.05) is 35.9 Å². The first kappa shape index (κ1) is 23.6. The van der Waals surface area contributed by atoms with Crippen molar-refractivity contribution in [2.24, 2.45) is 0 Å². The Labute approximate surface area is 206 Å². The highest BCUT2D eigenvalue weighted by Gasteiger charge is 2.47. The van der Waals surface area contributed by atoms with E-state index in [0.717, 1.165) is 11.8 Å². The van der Waals surface area contributed by atoms with Crippen LogP contribution >= 0.6 is 11.6 Å². The first-order valence-corrected chi connectivity index (χ1v) is 11.7. The van der Waals surface area contributed by atoms with E-state index in [4.69, 9.17) is 16.3 Å². The van der Waals surface area contributed by atoms with Gasteiger partial charge in [0, 0.05) is 49.9 Å². The van der Waals surface area contributed by atoms with Crippen molar-refractivity contribution < 1.29 is 22.7 Å². The number of aromatic nitrogens is 1. The predicted octanol–water partition coefficient (Wildman–Crippen LogP) is 6.41. The van der Waals surface area contributed by atoms with Crippen LogP contribution in [0.4, 0.5) is 23.7 Å². The minimum absolute atomic E-state index is 0.319. The normalized spacial score (nSPS) is 18.2. The van der Waals surface area contributed by atoms with Gasteiger partial charge in [0.15, 0.2) is 0 Å². The molecule has 0 aliphatic carbocycles. The van der Waals surface area contributed by atoms with Gasteiger partial charge in [-0.05, 0) is 47.5 Å². The molecule has 0 N–H and O–H groups in total. The standard InChI is InChI=1S/C26H23ClF3N3O2/c27-23-9-6-18(15-31-23)22-8-7-20(26(28,29)30)14-19(22)16-32-12-10-25(11-13-32)17-33(24(34)35-25)21-4-2-1-3-5-21/h1-9,14-15H,10-13,16-17H2. The maximum absolute atomic E-state index is 13.5. The van der Waals surface area contributed by atoms with Crippen molar-refractivity contribution in [2.45, 2.75) is 31.2 Å². The maximum atomic E-state index is 13.5. The first-order chi connectivity index (χ1) is 16.7. The second-order valence-electron chi connectivity index (χ2n) is 8.99. The fourth-order valence-corrected chi connectivity index (χ4v) is 4.88. The van der Waals surface area contributed by atoms with Crippen LogP contribution in [0, 0.1) is 0 Å². The molecule has 0 radical (unpaired) electrons. The van der Waals surface area contributed by atoms with Crippen LogP contribution in [0.2, 0.25) is 5.15 Å². The first-order valence-electron chi connectivity index (χ1n) is 11.3. The summed E-state index contributed by atoms with van der Waals surface area (Å²) in [4.78, 5) is 20.4. The maximum Gasteiger partial charge on any atom is 0.416 e. The number of hydrogen-bond acceptors (Lipinski definition) is 4. The molecule has 2 aromatic carbocycles. The average molecular weight is 502 g/mol. The molecular weight excluding hydrogens is 479 g/mol. The summed E-state index contributed by atoms with van der Waals surface area (Å²) in [7, 11) is 0. The van der Waals surface area contributed by atoms with Crippen molar-refractivity contribution in [2.75, 3.05) is 24.5 Å². The second-order valence-corrected chi connectivity index (χ2v) is 9.38. The fraction of sp³-hybridized carbons (Fsp3) is 0.308. The van der Waals surface area contributed by atoms with Gasteiger partial charge >= 0.3 is 12.3 Å². The van der Waals surface area contributed by atoms with E-state index in [9.17, 15) is 18.0 Å². The second kappa shape index (κ2) is 9.17. The van der Waals surface area contributed by atoms with E-state index < -0.39 is 17.3 Å². The Hall–Kier alpha value is -3.10. The molecule has 1 amide bonds. The number of likely N-dealkylation sites (tertiary alicyclic amines) is 1. The molecule has 2 aliphatic rings. The molecule has 5 nitrogen and oxygen atoms in total. The van der Waals surface area contributed by atoms with E-state index in [-0.39, 0.29) is 6.09 Å². The van der Waals surface area contributed by atoms with Gasteiger partial charge in [-0.2, -0.15) is 13.2 Å². The highest BCUT2D eigenvalue weighted by molar-refractivity contribution is 6.29. The number of pyridine rings is 1. The molecule has 9 heteroatoms. The summed E-state index contributed by atoms with van der Waals surface area (Å²) in [6.45, 7) is 2.01. The SMILES string of the molecule is O=C1OC2(CCN(Cc3cc(C(F)(F)F)ccc3-c3ccc(Cl)nc3)CC2)CN1c1ccccc1. The fourth-order valence-electron chi connectivity index (χ4n) is 4.77. The number of hydrogen-bond donors (Lipinski definition) is 0. The summed E-state index contributed by atoms with van der Waals surface area (Å²) in [6, 6.07) is 16.5. The number of carbonyl (C=O) groups excluding carboxylic acids is 1. The number of nitrogens with zero attached hydrogens (tertiary/aromatic N) is 3. The summed E-state index contributed by atoms with van der Waals surface area (Å²) >= 11 is 5.89. The number of benzene rings is 2. The largest absolute Gasteiger partial charge is 0.441 e. The number of anilines is 1. The number of piperidine rings is 1. The minimum Gasteiger partial charge on any atom is -0.441 e. The molecule has 3 aromatic rings. The third-order valence-corrected chi connectivity index (χ3v) is 6.89. The van der Waals surface area contributed by atoms with Crippen LogP contribution in [0.5, 0.6) is 0 Å². The van der Waals surface area contributed by atoms with Crippen molar-refractivity contribution in [3.63, 3.8) is 0 Å². The average Bonchev–Trinajstić information content (AvgIpc) is 3.17. The number of amides is 1. The summed E-state index contributed by atoms with van der Waals surface area (Å²) in [5.41, 5.74) is 1.48. The van der Waals surface area contributed by atoms with Crippen LogP contribution in [0.15, 0.2) is 66.9 Å². The van der Waals surface area contributed by atoms with Gasteiger partial charge in [0.05, 0.1) is 12.1 Å². The van der Waals surface area contributed by atoms with E-state index in [0.29, 0.717) is 60.9 Å². The number of alkyl halides is 3. The van der Waals surface area contributed by atoms with Gasteiger partial charge in [0.1, 0.15) is 10.8 Å². The molecule has 0 saturated carbocycles. The highest BCUT2D eigenvalue weighted by atomic mass is 35.5. The molecular formula is C26H23ClF3N3O2. The summed E-state index contributed by atoms with van der Waals surface area (Å²) in [6.07, 6.45) is -2.01. The molecule has 1 spiro atoms. The number of para-hydroxylation sites is 1. The van der Waals surface area contributed by atoms with E-state index in [1.54, 1.807) is 23.2 Å². The molecule has 3 heterocycles. The molecule has 35 heavy (non-hydrogen) atoms. The summed E-state index contributed by atoms with van der Waals surface area (Å²) in [5, 5.41) is 0.319. The summed E-state index contributed by atoms with van der Waals surface area (Å²) in [5.74, 6) is 0. The van der Waals surface area contributed by atoms with Crippen LogP contribution in [-0.4, -0.2) is 41.2 Å². The zero-order valence-corrected chi connectivity index (χ0v) is 19.5. The van der Waals surface area contributed by atoms with Gasteiger partial charge < -0.3 is 4.74 Å². The van der Waals surface area contributed by atoms with Crippen LogP contribution < -0.4 is 4.90 Å². The molecule has 2 saturated heterocycles. The van der Waals surface area contributed by atoms with Crippen LogP contribution in [-0.2, 0) is 17.5 Å². The summed E-state index contributed by atoms with van der Waals surface area (Å²) < 4.78 is 46.2. The molecule has 0 atom stereocenters. The third-order valence-electron chi connectivity index (χ3n) is 6.67. The van der Waals surface area contributed by atoms with Crippen molar-refractivity contribution in [3.05, 3.63) is 83.1 Å². The van der Waals surface area contributed by atoms with E-state index in [2.05, 4.69) is 9.88 Å². The van der Waals surface area contributed by atoms with Crippen molar-refractivity contribution in [3.8, 4) is 11.1 Å². The Balaban J connectivity index is 1.33. The molecule has 1 aromatic heterocycles. The third kappa shape index (κ3) is 4.99. The number of carbonyl (C=O) groups is 1. The Morgan fingerprint density at radius 1 is 1.03 bits per heavy atom. The number of ether oxygens (including phenoxy) is 1. The lowest BCUT2D eigenvalue weighted by molar-refractivity contribution is -0.137. The highest BCUT2D eigenvalue weighted by Crippen LogP contribution is 2.38. The van der Waals surface area contributed by atoms with Gasteiger partial charge in [-0.15, -0.1) is 0 Å². The van der Waals surface area contributed by atoms with Crippen molar-refractivity contribution >= 4 is 23.4 Å². The van der Waals surface area contributed by atoms with Crippen LogP contribution in [0.25, 0.3) is 11.1 Å². The quantitative estimate of drug-likeness (QED) is 0.387. The van der Waals surface area contributed by atoms with E-state index in [1.165, 1.54) is 12.1 Å². The Morgan fingerprint density at radius 3 is 2.43 bits per heavy atom. The zero-order chi connectivity index (χ0) is 24.6. The van der Waals surface area contributed by atoms with Gasteiger partial charge in [-0.3, -0.25) is 9.80 Å². The van der Waals surface area contributed by atoms with Gasteiger partial charge in [-0.25, -0.2) is 9.78 Å². The number of rotatable bonds is 4. The van der Waals surface area contributed by atoms with Gasteiger partial charge in [0.25, 0.3) is 0 Å². The van der Waals surface area contributed by atoms with E-state index >= 15 is 0 Å². The molecule has 2 aliphatic heterocycles. The lowest BCUT2D eigenvalue weighted by Crippen LogP contribution is -2.46. The Bertz CT molecular complexity index is 1210. The van der Waals surface area contributed by atoms with Crippen LogP contribution in [0.3, 0.4) is 0 Å². The zero-order valence-electron chi connectivity index (χ0n) is 18.8. The number of halogens is 4. The molecule has 2 fully saturated rings. The van der Waals surface area contributed by atoms with E-state index in [1.807, 2.05) is 30.3 Å². The van der Waals surface area contributed by atoms with Crippen molar-refractivity contribution in [1.82, 2.24) is 9.88 Å². The Morgan fingerprint density at radius 2 is 1.77 bits per heavy atom.